The van der Waals surface area contributed by atoms with Crippen molar-refractivity contribution in [1.29, 1.82) is 0 Å². The fourth-order valence-corrected chi connectivity index (χ4v) is 5.05. The Morgan fingerprint density at radius 1 is 1.18 bits per heavy atom. The molecule has 0 bridgehead atoms. The van der Waals surface area contributed by atoms with Gasteiger partial charge in [0.15, 0.2) is 30.0 Å². The lowest BCUT2D eigenvalue weighted by molar-refractivity contribution is -0.138. The lowest BCUT2D eigenvalue weighted by Crippen LogP contribution is -2.53. The van der Waals surface area contributed by atoms with Crippen LogP contribution in [0.1, 0.15) is 44.2 Å². The van der Waals surface area contributed by atoms with Gasteiger partial charge in [-0.25, -0.2) is 19.7 Å². The highest BCUT2D eigenvalue weighted by atomic mass is 16.6. The number of nitrogens with one attached hydrogen (secondary N) is 2. The third-order valence-corrected chi connectivity index (χ3v) is 7.47. The summed E-state index contributed by atoms with van der Waals surface area (Å²) in [6, 6.07) is 0.0848. The minimum atomic E-state index is -1.41. The molecule has 204 valence electrons. The van der Waals surface area contributed by atoms with Gasteiger partial charge < -0.3 is 41.0 Å². The summed E-state index contributed by atoms with van der Waals surface area (Å²) in [7, 11) is 0. The van der Waals surface area contributed by atoms with Crippen molar-refractivity contribution >= 4 is 34.9 Å². The van der Waals surface area contributed by atoms with Crippen LogP contribution in [0.5, 0.6) is 0 Å². The van der Waals surface area contributed by atoms with Crippen molar-refractivity contribution in [3.05, 3.63) is 12.2 Å². The molecule has 38 heavy (non-hydrogen) atoms. The molecule has 3 amide bonds. The van der Waals surface area contributed by atoms with E-state index >= 15 is 0 Å². The molecule has 1 aliphatic carbocycles. The first-order valence-corrected chi connectivity index (χ1v) is 12.8. The van der Waals surface area contributed by atoms with Crippen molar-refractivity contribution < 1.29 is 34.1 Å². The van der Waals surface area contributed by atoms with Gasteiger partial charge in [0.25, 0.3) is 5.91 Å². The van der Waals surface area contributed by atoms with Gasteiger partial charge in [-0.1, -0.05) is 0 Å². The molecule has 3 unspecified atom stereocenters. The van der Waals surface area contributed by atoms with E-state index in [4.69, 9.17) is 15.2 Å². The van der Waals surface area contributed by atoms with Crippen molar-refractivity contribution in [2.45, 2.75) is 75.3 Å². The van der Waals surface area contributed by atoms with E-state index in [0.29, 0.717) is 49.3 Å². The molecule has 4 aliphatic rings. The summed E-state index contributed by atoms with van der Waals surface area (Å²) in [6.07, 6.45) is -0.793. The molecule has 1 saturated carbocycles. The van der Waals surface area contributed by atoms with E-state index in [9.17, 15) is 24.6 Å². The summed E-state index contributed by atoms with van der Waals surface area (Å²) in [5.41, 5.74) is 6.82. The Balaban J connectivity index is 1.12. The second kappa shape index (κ2) is 9.63. The molecule has 3 aliphatic heterocycles. The van der Waals surface area contributed by atoms with Crippen molar-refractivity contribution in [1.82, 2.24) is 35.1 Å². The minimum Gasteiger partial charge on any atom is -0.425 e. The molecular weight excluding hydrogens is 500 g/mol. The minimum absolute atomic E-state index is 0.0848. The molecule has 15 heteroatoms. The van der Waals surface area contributed by atoms with E-state index in [0.717, 1.165) is 12.8 Å². The largest absolute Gasteiger partial charge is 0.425 e. The summed E-state index contributed by atoms with van der Waals surface area (Å²) < 4.78 is 12.5. The van der Waals surface area contributed by atoms with Gasteiger partial charge in [0, 0.05) is 25.6 Å². The van der Waals surface area contributed by atoms with E-state index in [1.54, 1.807) is 4.90 Å². The van der Waals surface area contributed by atoms with Crippen LogP contribution in [-0.4, -0.2) is 96.2 Å². The van der Waals surface area contributed by atoms with Gasteiger partial charge in [-0.3, -0.25) is 14.2 Å². The predicted octanol–water partition coefficient (Wildman–Crippen LogP) is -1.46. The summed E-state index contributed by atoms with van der Waals surface area (Å²) in [5.74, 6) is 0.243. The molecule has 5 heterocycles. The average molecular weight is 531 g/mol. The zero-order valence-corrected chi connectivity index (χ0v) is 20.5. The number of carbonyl (C=O) groups is 3. The maximum absolute atomic E-state index is 12.5. The predicted molar refractivity (Wildman–Crippen MR) is 128 cm³/mol. The standard InChI is InChI=1S/C23H30N8O7/c24-19-15-20(31(9-25-15)22-17(34)16(33)18(38-22)21(35)26-11-1-2-11)28-12(27-19)7-10-3-5-30(6-4-10)23(36)37-14-8-13(32)29-14/h9-11,14,16-18,22,33-34H,1-8H2,(H,26,35)(H,29,32)(H2,24,27,28)/t14?,16?,17?,18-,22+/m0/s1. The lowest BCUT2D eigenvalue weighted by atomic mass is 9.93. The molecule has 4 fully saturated rings. The summed E-state index contributed by atoms with van der Waals surface area (Å²) in [4.78, 5) is 50.7. The number of hydrogen-bond acceptors (Lipinski definition) is 11. The van der Waals surface area contributed by atoms with E-state index < -0.39 is 42.8 Å². The average Bonchev–Trinajstić information content (AvgIpc) is 3.51. The summed E-state index contributed by atoms with van der Waals surface area (Å²) >= 11 is 0. The van der Waals surface area contributed by atoms with Crippen LogP contribution in [0.25, 0.3) is 11.2 Å². The molecule has 15 nitrogen and oxygen atoms in total. The van der Waals surface area contributed by atoms with E-state index in [-0.39, 0.29) is 30.1 Å². The number of nitrogens with zero attached hydrogens (tertiary/aromatic N) is 5. The first-order chi connectivity index (χ1) is 18.3. The number of aliphatic hydroxyl groups is 2. The second-order valence-electron chi connectivity index (χ2n) is 10.3. The number of piperidine rings is 1. The molecule has 6 N–H and O–H groups in total. The number of likely N-dealkylation sites (tertiary alicyclic amines) is 1. The zero-order chi connectivity index (χ0) is 26.6. The van der Waals surface area contributed by atoms with Crippen LogP contribution in [0, 0.1) is 5.92 Å². The number of rotatable bonds is 6. The van der Waals surface area contributed by atoms with Crippen LogP contribution in [0.4, 0.5) is 10.6 Å². The molecule has 0 radical (unpaired) electrons. The van der Waals surface area contributed by atoms with Crippen LogP contribution in [0.2, 0.25) is 0 Å². The summed E-state index contributed by atoms with van der Waals surface area (Å²) in [5, 5.41) is 26.5. The van der Waals surface area contributed by atoms with Gasteiger partial charge >= 0.3 is 6.09 Å². The number of aliphatic hydroxyl groups excluding tert-OH is 2. The smallest absolute Gasteiger partial charge is 0.411 e. The number of amides is 3. The summed E-state index contributed by atoms with van der Waals surface area (Å²) in [6.45, 7) is 1.01. The normalized spacial score (nSPS) is 29.7. The van der Waals surface area contributed by atoms with Gasteiger partial charge in [-0.15, -0.1) is 0 Å². The molecule has 0 spiro atoms. The van der Waals surface area contributed by atoms with Crippen LogP contribution in [0.15, 0.2) is 6.33 Å². The number of nitrogen functional groups attached to an aromatic ring is 1. The quantitative estimate of drug-likeness (QED) is 0.273. The van der Waals surface area contributed by atoms with Gasteiger partial charge in [-0.05, 0) is 31.6 Å². The SMILES string of the molecule is Nc1nc(CC2CCN(C(=O)OC3CC(=O)N3)CC2)nc2c1ncn2[C@@H]1O[C@H](C(=O)NC2CC2)C(O)C1O. The van der Waals surface area contributed by atoms with Crippen LogP contribution >= 0.6 is 0 Å². The topological polar surface area (TPSA) is 207 Å². The highest BCUT2D eigenvalue weighted by Gasteiger charge is 2.48. The Morgan fingerprint density at radius 3 is 2.61 bits per heavy atom. The second-order valence-corrected chi connectivity index (χ2v) is 10.3. The zero-order valence-electron chi connectivity index (χ0n) is 20.5. The number of nitrogens with two attached hydrogens (primary N) is 1. The fraction of sp³-hybridized carbons (Fsp3) is 0.652. The number of hydrogen-bond donors (Lipinski definition) is 5. The highest BCUT2D eigenvalue weighted by Crippen LogP contribution is 2.33. The number of imidazole rings is 1. The molecule has 2 aromatic heterocycles. The monoisotopic (exact) mass is 530 g/mol. The van der Waals surface area contributed by atoms with Crippen LogP contribution in [-0.2, 0) is 25.5 Å². The first-order valence-electron chi connectivity index (χ1n) is 12.8. The third-order valence-electron chi connectivity index (χ3n) is 7.47. The van der Waals surface area contributed by atoms with E-state index in [2.05, 4.69) is 25.6 Å². The number of anilines is 1. The molecule has 6 rings (SSSR count). The number of carbonyl (C=O) groups excluding carboxylic acids is 3. The Kier molecular flexibility index (Phi) is 6.28. The first kappa shape index (κ1) is 24.8. The molecular formula is C23H30N8O7. The fourth-order valence-electron chi connectivity index (χ4n) is 5.05. The molecule has 5 atom stereocenters. The van der Waals surface area contributed by atoms with E-state index in [1.165, 1.54) is 10.9 Å². The maximum atomic E-state index is 12.5. The number of fused-ring (bicyclic) bond motifs is 1. The number of aromatic nitrogens is 4. The van der Waals surface area contributed by atoms with Crippen LogP contribution in [0.3, 0.4) is 0 Å². The molecule has 2 aromatic rings. The Labute approximate surface area is 216 Å². The molecule has 3 saturated heterocycles. The van der Waals surface area contributed by atoms with Gasteiger partial charge in [0.2, 0.25) is 5.91 Å². The molecule has 0 aromatic carbocycles. The van der Waals surface area contributed by atoms with Crippen molar-refractivity contribution in [3.8, 4) is 0 Å². The van der Waals surface area contributed by atoms with Crippen LogP contribution < -0.4 is 16.4 Å². The van der Waals surface area contributed by atoms with Gasteiger partial charge in [-0.2, -0.15) is 0 Å². The Bertz CT molecular complexity index is 1250. The Morgan fingerprint density at radius 2 is 1.92 bits per heavy atom. The van der Waals surface area contributed by atoms with Gasteiger partial charge in [0.05, 0.1) is 12.7 Å². The van der Waals surface area contributed by atoms with Crippen molar-refractivity contribution in [2.75, 3.05) is 18.8 Å². The van der Waals surface area contributed by atoms with Crippen molar-refractivity contribution in [2.24, 2.45) is 5.92 Å². The van der Waals surface area contributed by atoms with Gasteiger partial charge in [0.1, 0.15) is 23.5 Å². The number of ether oxygens (including phenoxy) is 2. The highest BCUT2D eigenvalue weighted by molar-refractivity contribution is 5.84. The van der Waals surface area contributed by atoms with E-state index in [1.807, 2.05) is 0 Å². The Hall–Kier alpha value is -3.56. The van der Waals surface area contributed by atoms with Crippen molar-refractivity contribution in [3.63, 3.8) is 0 Å². The number of β-lactam (4-membered cyclic amide) rings is 1. The lowest BCUT2D eigenvalue weighted by Gasteiger charge is -2.34. The maximum Gasteiger partial charge on any atom is 0.411 e. The third kappa shape index (κ3) is 4.72.